The first-order chi connectivity index (χ1) is 19.5. The maximum absolute atomic E-state index is 4.90. The molecule has 7 aromatic rings. The molecule has 0 amide bonds. The van der Waals surface area contributed by atoms with E-state index in [1.165, 1.54) is 38.5 Å². The van der Waals surface area contributed by atoms with Crippen LogP contribution >= 0.6 is 0 Å². The minimum absolute atomic E-state index is 0.656. The Bertz CT molecular complexity index is 1950. The van der Waals surface area contributed by atoms with Gasteiger partial charge in [-0.3, -0.25) is 0 Å². The number of rotatable bonds is 4. The lowest BCUT2D eigenvalue weighted by atomic mass is 10.1. The molecule has 0 radical (unpaired) electrons. The van der Waals surface area contributed by atoms with Gasteiger partial charge < -0.3 is 4.57 Å². The molecule has 4 heteroatoms. The van der Waals surface area contributed by atoms with E-state index in [0.717, 1.165) is 22.4 Å². The highest BCUT2D eigenvalue weighted by atomic mass is 15.0. The van der Waals surface area contributed by atoms with E-state index in [9.17, 15) is 0 Å². The molecule has 40 heavy (non-hydrogen) atoms. The number of aryl methyl sites for hydroxylation is 3. The van der Waals surface area contributed by atoms with Crippen molar-refractivity contribution in [2.75, 3.05) is 0 Å². The summed E-state index contributed by atoms with van der Waals surface area (Å²) in [6.07, 6.45) is 0. The summed E-state index contributed by atoms with van der Waals surface area (Å²) < 4.78 is 2.38. The van der Waals surface area contributed by atoms with Crippen LogP contribution in [0.15, 0.2) is 115 Å². The lowest BCUT2D eigenvalue weighted by Gasteiger charge is -2.12. The van der Waals surface area contributed by atoms with Crippen molar-refractivity contribution in [3.05, 3.63) is 132 Å². The average Bonchev–Trinajstić information content (AvgIpc) is 3.31. The molecule has 4 nitrogen and oxygen atoms in total. The Labute approximate surface area is 233 Å². The minimum Gasteiger partial charge on any atom is -0.309 e. The van der Waals surface area contributed by atoms with E-state index in [0.29, 0.717) is 17.5 Å². The second kappa shape index (κ2) is 9.58. The normalized spacial score (nSPS) is 11.4. The SMILES string of the molecule is Cc1ccc2c(c1)c1cc(C)cc(C)c1n2-c1ccc(-c2nc(-c3ccccc3)nc(-c3ccccc3)n2)cc1. The molecule has 0 aliphatic heterocycles. The van der Waals surface area contributed by atoms with Crippen LogP contribution in [0.4, 0.5) is 0 Å². The Morgan fingerprint density at radius 2 is 1.00 bits per heavy atom. The predicted octanol–water partition coefficient (Wildman–Crippen LogP) is 8.89. The predicted molar refractivity (Wildman–Crippen MR) is 165 cm³/mol. The zero-order valence-corrected chi connectivity index (χ0v) is 22.8. The molecule has 0 bridgehead atoms. The highest BCUT2D eigenvalue weighted by Gasteiger charge is 2.16. The van der Waals surface area contributed by atoms with Crippen molar-refractivity contribution in [3.63, 3.8) is 0 Å². The first-order valence-corrected chi connectivity index (χ1v) is 13.5. The van der Waals surface area contributed by atoms with Gasteiger partial charge >= 0.3 is 0 Å². The fourth-order valence-corrected chi connectivity index (χ4v) is 5.61. The molecule has 0 atom stereocenters. The largest absolute Gasteiger partial charge is 0.309 e. The Kier molecular flexibility index (Phi) is 5.75. The second-order valence-corrected chi connectivity index (χ2v) is 10.4. The molecule has 2 heterocycles. The quantitative estimate of drug-likeness (QED) is 0.235. The van der Waals surface area contributed by atoms with E-state index in [-0.39, 0.29) is 0 Å². The van der Waals surface area contributed by atoms with Crippen LogP contribution in [0.5, 0.6) is 0 Å². The second-order valence-electron chi connectivity index (χ2n) is 10.4. The van der Waals surface area contributed by atoms with Crippen LogP contribution in [0.25, 0.3) is 61.7 Å². The summed E-state index contributed by atoms with van der Waals surface area (Å²) in [7, 11) is 0. The van der Waals surface area contributed by atoms with E-state index in [1.807, 2.05) is 60.7 Å². The molecule has 0 spiro atoms. The molecule has 0 fully saturated rings. The molecular formula is C36H28N4. The maximum atomic E-state index is 4.90. The Hall–Kier alpha value is -5.09. The Morgan fingerprint density at radius 1 is 0.475 bits per heavy atom. The van der Waals surface area contributed by atoms with Crippen molar-refractivity contribution in [1.29, 1.82) is 0 Å². The highest BCUT2D eigenvalue weighted by Crippen LogP contribution is 2.36. The first-order valence-electron chi connectivity index (χ1n) is 13.5. The van der Waals surface area contributed by atoms with Crippen LogP contribution in [0, 0.1) is 20.8 Å². The molecule has 0 unspecified atom stereocenters. The van der Waals surface area contributed by atoms with Gasteiger partial charge in [0.1, 0.15) is 0 Å². The Balaban J connectivity index is 1.39. The fourth-order valence-electron chi connectivity index (χ4n) is 5.61. The topological polar surface area (TPSA) is 43.6 Å². The monoisotopic (exact) mass is 516 g/mol. The maximum Gasteiger partial charge on any atom is 0.164 e. The van der Waals surface area contributed by atoms with E-state index in [1.54, 1.807) is 0 Å². The van der Waals surface area contributed by atoms with Gasteiger partial charge in [0.05, 0.1) is 11.0 Å². The third-order valence-corrected chi connectivity index (χ3v) is 7.43. The van der Waals surface area contributed by atoms with E-state index >= 15 is 0 Å². The third-order valence-electron chi connectivity index (χ3n) is 7.43. The summed E-state index contributed by atoms with van der Waals surface area (Å²) in [6, 6.07) is 40.0. The first kappa shape index (κ1) is 24.0. The van der Waals surface area contributed by atoms with Crippen molar-refractivity contribution < 1.29 is 0 Å². The molecule has 0 N–H and O–H groups in total. The standard InChI is InChI=1S/C36H28N4/c1-23-14-19-32-30(21-23)31-22-24(2)20-25(3)33(31)40(32)29-17-15-28(16-18-29)36-38-34(26-10-6-4-7-11-26)37-35(39-36)27-12-8-5-9-13-27/h4-22H,1-3H3. The van der Waals surface area contributed by atoms with Gasteiger partial charge in [-0.05, 0) is 68.8 Å². The van der Waals surface area contributed by atoms with Gasteiger partial charge in [-0.2, -0.15) is 0 Å². The zero-order chi connectivity index (χ0) is 27.2. The molecule has 7 rings (SSSR count). The average molecular weight is 517 g/mol. The zero-order valence-electron chi connectivity index (χ0n) is 22.8. The Morgan fingerprint density at radius 3 is 1.57 bits per heavy atom. The molecule has 5 aromatic carbocycles. The fraction of sp³-hybridized carbons (Fsp3) is 0.0833. The van der Waals surface area contributed by atoms with Gasteiger partial charge in [-0.15, -0.1) is 0 Å². The van der Waals surface area contributed by atoms with Gasteiger partial charge in [0.15, 0.2) is 17.5 Å². The van der Waals surface area contributed by atoms with E-state index in [2.05, 4.69) is 79.9 Å². The lowest BCUT2D eigenvalue weighted by molar-refractivity contribution is 1.07. The number of benzene rings is 5. The summed E-state index contributed by atoms with van der Waals surface area (Å²) in [6.45, 7) is 6.53. The summed E-state index contributed by atoms with van der Waals surface area (Å²) in [5, 5.41) is 2.57. The van der Waals surface area contributed by atoms with Crippen molar-refractivity contribution in [2.24, 2.45) is 0 Å². The van der Waals surface area contributed by atoms with Gasteiger partial charge in [-0.1, -0.05) is 83.9 Å². The van der Waals surface area contributed by atoms with Gasteiger partial charge in [0, 0.05) is 33.2 Å². The van der Waals surface area contributed by atoms with Gasteiger partial charge in [0.2, 0.25) is 0 Å². The van der Waals surface area contributed by atoms with Crippen LogP contribution in [0.3, 0.4) is 0 Å². The molecule has 192 valence electrons. The van der Waals surface area contributed by atoms with Crippen molar-refractivity contribution in [1.82, 2.24) is 19.5 Å². The van der Waals surface area contributed by atoms with Crippen molar-refractivity contribution >= 4 is 21.8 Å². The van der Waals surface area contributed by atoms with Crippen LogP contribution in [0.1, 0.15) is 16.7 Å². The number of hydrogen-bond acceptors (Lipinski definition) is 3. The van der Waals surface area contributed by atoms with Crippen LogP contribution in [-0.2, 0) is 0 Å². The number of hydrogen-bond donors (Lipinski definition) is 0. The summed E-state index contributed by atoms with van der Waals surface area (Å²) in [5.74, 6) is 1.98. The van der Waals surface area contributed by atoms with Crippen LogP contribution in [0.2, 0.25) is 0 Å². The van der Waals surface area contributed by atoms with E-state index < -0.39 is 0 Å². The third kappa shape index (κ3) is 4.15. The van der Waals surface area contributed by atoms with E-state index in [4.69, 9.17) is 15.0 Å². The van der Waals surface area contributed by atoms with Gasteiger partial charge in [-0.25, -0.2) is 15.0 Å². The van der Waals surface area contributed by atoms with Crippen molar-refractivity contribution in [3.8, 4) is 39.9 Å². The molecule has 0 saturated heterocycles. The lowest BCUT2D eigenvalue weighted by Crippen LogP contribution is -2.00. The number of aromatic nitrogens is 4. The molecular weight excluding hydrogens is 488 g/mol. The minimum atomic E-state index is 0.656. The van der Waals surface area contributed by atoms with Crippen LogP contribution < -0.4 is 0 Å². The van der Waals surface area contributed by atoms with Gasteiger partial charge in [0.25, 0.3) is 0 Å². The molecule has 0 saturated carbocycles. The van der Waals surface area contributed by atoms with Crippen molar-refractivity contribution in [2.45, 2.75) is 20.8 Å². The summed E-state index contributed by atoms with van der Waals surface area (Å²) >= 11 is 0. The highest BCUT2D eigenvalue weighted by molar-refractivity contribution is 6.10. The summed E-state index contributed by atoms with van der Waals surface area (Å²) in [5.41, 5.74) is 10.3. The number of fused-ring (bicyclic) bond motifs is 3. The molecule has 0 aliphatic rings. The number of nitrogens with zero attached hydrogens (tertiary/aromatic N) is 4. The molecule has 2 aromatic heterocycles. The van der Waals surface area contributed by atoms with Crippen LogP contribution in [-0.4, -0.2) is 19.5 Å². The smallest absolute Gasteiger partial charge is 0.164 e. The summed E-state index contributed by atoms with van der Waals surface area (Å²) in [4.78, 5) is 14.6. The molecule has 0 aliphatic carbocycles.